The summed E-state index contributed by atoms with van der Waals surface area (Å²) in [6.07, 6.45) is -3.42. The Labute approximate surface area is 99.4 Å². The number of nitrogen functional groups attached to an aromatic ring is 1. The van der Waals surface area contributed by atoms with E-state index in [1.807, 2.05) is 0 Å². The molecule has 0 bridgehead atoms. The maximum Gasteiger partial charge on any atom is 0.354 e. The molecule has 3 atom stereocenters. The van der Waals surface area contributed by atoms with E-state index in [-0.39, 0.29) is 6.42 Å². The zero-order chi connectivity index (χ0) is 13.4. The Morgan fingerprint density at radius 3 is 2.78 bits per heavy atom. The van der Waals surface area contributed by atoms with Gasteiger partial charge in [0.15, 0.2) is 5.82 Å². The maximum absolute atomic E-state index is 13.6. The number of halogens is 2. The third-order valence-corrected chi connectivity index (χ3v) is 2.71. The number of nitrogens with zero attached hydrogens (tertiary/aromatic N) is 2. The fraction of sp³-hybridized carbons (Fsp3) is 0.556. The van der Waals surface area contributed by atoms with Crippen molar-refractivity contribution in [3.05, 3.63) is 22.2 Å². The molecule has 1 aromatic heterocycles. The Hall–Kier alpha value is -1.58. The first-order valence-corrected chi connectivity index (χ1v) is 5.13. The Morgan fingerprint density at radius 1 is 1.56 bits per heavy atom. The van der Waals surface area contributed by atoms with Gasteiger partial charge in [-0.25, -0.2) is 9.36 Å². The van der Waals surface area contributed by atoms with Crippen LogP contribution in [0, 0.1) is 11.8 Å². The van der Waals surface area contributed by atoms with Crippen molar-refractivity contribution in [2.45, 2.75) is 24.9 Å². The molecule has 1 aliphatic rings. The predicted octanol–water partition coefficient (Wildman–Crippen LogP) is -1.26. The highest BCUT2D eigenvalue weighted by atomic mass is 19.2. The third-order valence-electron chi connectivity index (χ3n) is 2.71. The van der Waals surface area contributed by atoms with Gasteiger partial charge in [0.2, 0.25) is 11.8 Å². The third kappa shape index (κ3) is 1.96. The molecule has 3 unspecified atom stereocenters. The molecule has 4 N–H and O–H groups in total. The van der Waals surface area contributed by atoms with E-state index in [9.17, 15) is 18.7 Å². The summed E-state index contributed by atoms with van der Waals surface area (Å²) in [5.74, 6) is -3.81. The molecule has 7 nitrogen and oxygen atoms in total. The average molecular weight is 263 g/mol. The molecular formula is C9H11F2N3O4. The van der Waals surface area contributed by atoms with E-state index >= 15 is 0 Å². The van der Waals surface area contributed by atoms with E-state index in [0.29, 0.717) is 4.57 Å². The van der Waals surface area contributed by atoms with E-state index in [1.165, 1.54) is 0 Å². The molecule has 0 spiro atoms. The highest BCUT2D eigenvalue weighted by Crippen LogP contribution is 2.28. The number of hydrogen-bond donors (Lipinski definition) is 3. The van der Waals surface area contributed by atoms with Gasteiger partial charge in [-0.3, -0.25) is 0 Å². The van der Waals surface area contributed by atoms with Gasteiger partial charge in [0.25, 0.3) is 0 Å². The number of nitrogens with two attached hydrogens (primary N) is 1. The summed E-state index contributed by atoms with van der Waals surface area (Å²) in [5.41, 5.74) is 3.88. The molecule has 0 aromatic carbocycles. The van der Waals surface area contributed by atoms with Crippen molar-refractivity contribution < 1.29 is 23.7 Å². The van der Waals surface area contributed by atoms with E-state index in [0.717, 1.165) is 0 Å². The Bertz CT molecular complexity index is 521. The zero-order valence-corrected chi connectivity index (χ0v) is 9.08. The van der Waals surface area contributed by atoms with Crippen LogP contribution in [0.25, 0.3) is 0 Å². The van der Waals surface area contributed by atoms with E-state index in [4.69, 9.17) is 15.6 Å². The summed E-state index contributed by atoms with van der Waals surface area (Å²) >= 11 is 0. The van der Waals surface area contributed by atoms with Crippen molar-refractivity contribution in [3.8, 4) is 0 Å². The number of ether oxygens (including phenoxy) is 1. The fourth-order valence-corrected chi connectivity index (χ4v) is 1.79. The molecular weight excluding hydrogens is 252 g/mol. The van der Waals surface area contributed by atoms with Gasteiger partial charge in [0.05, 0.1) is 12.7 Å². The van der Waals surface area contributed by atoms with E-state index in [2.05, 4.69) is 4.98 Å². The normalized spacial score (nSPS) is 27.7. The molecule has 0 aliphatic carbocycles. The molecule has 1 fully saturated rings. The van der Waals surface area contributed by atoms with Gasteiger partial charge in [-0.1, -0.05) is 0 Å². The first kappa shape index (κ1) is 12.9. The lowest BCUT2D eigenvalue weighted by Gasteiger charge is -2.15. The van der Waals surface area contributed by atoms with Gasteiger partial charge in [-0.2, -0.15) is 13.8 Å². The second-order valence-corrected chi connectivity index (χ2v) is 3.87. The van der Waals surface area contributed by atoms with Gasteiger partial charge in [0, 0.05) is 6.42 Å². The van der Waals surface area contributed by atoms with E-state index in [1.54, 1.807) is 0 Å². The van der Waals surface area contributed by atoms with Crippen LogP contribution in [-0.4, -0.2) is 38.6 Å². The molecule has 9 heteroatoms. The van der Waals surface area contributed by atoms with Crippen LogP contribution in [0.5, 0.6) is 0 Å². The predicted molar refractivity (Wildman–Crippen MR) is 54.4 cm³/mol. The minimum absolute atomic E-state index is 0.160. The Kier molecular flexibility index (Phi) is 3.28. The van der Waals surface area contributed by atoms with Crippen molar-refractivity contribution >= 4 is 5.82 Å². The van der Waals surface area contributed by atoms with Crippen LogP contribution < -0.4 is 11.4 Å². The van der Waals surface area contributed by atoms with Crippen LogP contribution in [0.3, 0.4) is 0 Å². The van der Waals surface area contributed by atoms with Crippen molar-refractivity contribution in [2.24, 2.45) is 0 Å². The number of aromatic nitrogens is 2. The molecule has 18 heavy (non-hydrogen) atoms. The number of aliphatic hydroxyl groups excluding tert-OH is 2. The molecule has 1 aromatic rings. The number of rotatable bonds is 2. The van der Waals surface area contributed by atoms with Gasteiger partial charge < -0.3 is 20.7 Å². The monoisotopic (exact) mass is 263 g/mol. The van der Waals surface area contributed by atoms with Crippen molar-refractivity contribution in [1.29, 1.82) is 0 Å². The van der Waals surface area contributed by atoms with Crippen LogP contribution in [0.15, 0.2) is 4.79 Å². The molecule has 0 saturated carbocycles. The van der Waals surface area contributed by atoms with Gasteiger partial charge in [-0.05, 0) is 0 Å². The first-order valence-electron chi connectivity index (χ1n) is 5.13. The minimum atomic E-state index is -1.51. The first-order chi connectivity index (χ1) is 8.45. The van der Waals surface area contributed by atoms with Gasteiger partial charge >= 0.3 is 5.69 Å². The largest absolute Gasteiger partial charge is 0.394 e. The summed E-state index contributed by atoms with van der Waals surface area (Å²) < 4.78 is 32.2. The second-order valence-electron chi connectivity index (χ2n) is 3.87. The highest BCUT2D eigenvalue weighted by molar-refractivity contribution is 5.27. The summed E-state index contributed by atoms with van der Waals surface area (Å²) in [6, 6.07) is 0. The van der Waals surface area contributed by atoms with Gasteiger partial charge in [0.1, 0.15) is 12.3 Å². The number of anilines is 1. The van der Waals surface area contributed by atoms with E-state index < -0.39 is 48.3 Å². The second kappa shape index (κ2) is 4.59. The Balaban J connectivity index is 2.42. The lowest BCUT2D eigenvalue weighted by atomic mass is 10.2. The van der Waals surface area contributed by atoms with Gasteiger partial charge in [-0.15, -0.1) is 0 Å². The summed E-state index contributed by atoms with van der Waals surface area (Å²) in [6.45, 7) is -0.501. The van der Waals surface area contributed by atoms with Crippen LogP contribution in [0.4, 0.5) is 14.6 Å². The SMILES string of the molecule is Nc1nc(=O)n(C2CC(O)C(CO)O2)c(F)c1F. The smallest absolute Gasteiger partial charge is 0.354 e. The lowest BCUT2D eigenvalue weighted by molar-refractivity contribution is -0.0499. The highest BCUT2D eigenvalue weighted by Gasteiger charge is 2.37. The van der Waals surface area contributed by atoms with Crippen molar-refractivity contribution in [3.63, 3.8) is 0 Å². The molecule has 1 aliphatic heterocycles. The average Bonchev–Trinajstić information content (AvgIpc) is 2.67. The summed E-state index contributed by atoms with van der Waals surface area (Å²) in [7, 11) is 0. The molecule has 2 rings (SSSR count). The zero-order valence-electron chi connectivity index (χ0n) is 9.08. The minimum Gasteiger partial charge on any atom is -0.394 e. The standard InChI is InChI=1S/C9H11F2N3O4/c10-6-7(11)14(9(17)13-8(6)12)5-1-3(16)4(2-15)18-5/h3-5,15-16H,1-2H2,(H2,12,13,17). The summed E-state index contributed by atoms with van der Waals surface area (Å²) in [4.78, 5) is 14.5. The summed E-state index contributed by atoms with van der Waals surface area (Å²) in [5, 5.41) is 18.3. The molecule has 100 valence electrons. The maximum atomic E-state index is 13.6. The number of aliphatic hydroxyl groups is 2. The molecule has 2 heterocycles. The van der Waals surface area contributed by atoms with Crippen LogP contribution in [0.2, 0.25) is 0 Å². The van der Waals surface area contributed by atoms with Crippen molar-refractivity contribution in [2.75, 3.05) is 12.3 Å². The molecule has 1 saturated heterocycles. The Morgan fingerprint density at radius 2 is 2.22 bits per heavy atom. The molecule has 0 radical (unpaired) electrons. The topological polar surface area (TPSA) is 111 Å². The quantitative estimate of drug-likeness (QED) is 0.575. The lowest BCUT2D eigenvalue weighted by Crippen LogP contribution is -2.32. The molecule has 0 amide bonds. The van der Waals surface area contributed by atoms with Crippen LogP contribution in [0.1, 0.15) is 12.6 Å². The fourth-order valence-electron chi connectivity index (χ4n) is 1.79. The number of hydrogen-bond acceptors (Lipinski definition) is 6. The van der Waals surface area contributed by atoms with Crippen molar-refractivity contribution in [1.82, 2.24) is 9.55 Å². The van der Waals surface area contributed by atoms with Crippen LogP contribution in [-0.2, 0) is 4.74 Å². The van der Waals surface area contributed by atoms with Crippen LogP contribution >= 0.6 is 0 Å².